The zero-order valence-corrected chi connectivity index (χ0v) is 27.0. The SMILES string of the molecule is CCCCCCCCCc1cccc(Nc2cc(CCCCCCCCC)cc(CCCCCCCCC)c2)c1. The average molecular weight is 548 g/mol. The molecule has 2 aromatic carbocycles. The third-order valence-electron chi connectivity index (χ3n) is 8.48. The first-order valence-corrected chi connectivity index (χ1v) is 17.7. The molecule has 0 saturated carbocycles. The first-order chi connectivity index (χ1) is 19.7. The maximum atomic E-state index is 3.80. The highest BCUT2D eigenvalue weighted by Crippen LogP contribution is 2.24. The van der Waals surface area contributed by atoms with Gasteiger partial charge in [-0.15, -0.1) is 0 Å². The quantitative estimate of drug-likeness (QED) is 0.115. The smallest absolute Gasteiger partial charge is 0.0389 e. The highest BCUT2D eigenvalue weighted by molar-refractivity contribution is 5.62. The van der Waals surface area contributed by atoms with Crippen LogP contribution < -0.4 is 5.32 Å². The van der Waals surface area contributed by atoms with Gasteiger partial charge < -0.3 is 5.32 Å². The molecule has 0 unspecified atom stereocenters. The molecule has 2 rings (SSSR count). The zero-order chi connectivity index (χ0) is 28.5. The minimum absolute atomic E-state index is 1.20. The number of hydrogen-bond acceptors (Lipinski definition) is 1. The summed E-state index contributed by atoms with van der Waals surface area (Å²) in [5, 5.41) is 3.80. The van der Waals surface area contributed by atoms with Gasteiger partial charge in [-0.1, -0.05) is 155 Å². The Morgan fingerprint density at radius 2 is 0.750 bits per heavy atom. The molecule has 1 nitrogen and oxygen atoms in total. The topological polar surface area (TPSA) is 12.0 Å². The van der Waals surface area contributed by atoms with Crippen LogP contribution in [-0.2, 0) is 19.3 Å². The number of hydrogen-bond donors (Lipinski definition) is 1. The lowest BCUT2D eigenvalue weighted by atomic mass is 9.98. The van der Waals surface area contributed by atoms with Gasteiger partial charge in [-0.3, -0.25) is 0 Å². The van der Waals surface area contributed by atoms with Gasteiger partial charge in [0, 0.05) is 11.4 Å². The maximum Gasteiger partial charge on any atom is 0.0389 e. The molecule has 2 aromatic rings. The molecule has 0 aromatic heterocycles. The van der Waals surface area contributed by atoms with E-state index < -0.39 is 0 Å². The van der Waals surface area contributed by atoms with Crippen molar-refractivity contribution < 1.29 is 0 Å². The molecule has 1 N–H and O–H groups in total. The van der Waals surface area contributed by atoms with Crippen LogP contribution in [0.3, 0.4) is 0 Å². The van der Waals surface area contributed by atoms with Crippen LogP contribution in [0.1, 0.15) is 172 Å². The van der Waals surface area contributed by atoms with Gasteiger partial charge in [-0.25, -0.2) is 0 Å². The van der Waals surface area contributed by atoms with Gasteiger partial charge in [0.25, 0.3) is 0 Å². The van der Waals surface area contributed by atoms with Crippen molar-refractivity contribution in [1.82, 2.24) is 0 Å². The van der Waals surface area contributed by atoms with E-state index in [1.807, 2.05) is 0 Å². The number of anilines is 2. The maximum absolute atomic E-state index is 3.80. The molecule has 0 spiro atoms. The Bertz CT molecular complexity index is 817. The van der Waals surface area contributed by atoms with Crippen molar-refractivity contribution in [1.29, 1.82) is 0 Å². The van der Waals surface area contributed by atoms with Gasteiger partial charge >= 0.3 is 0 Å². The molecule has 0 amide bonds. The van der Waals surface area contributed by atoms with Crippen LogP contribution in [0.15, 0.2) is 42.5 Å². The Morgan fingerprint density at radius 1 is 0.375 bits per heavy atom. The first-order valence-electron chi connectivity index (χ1n) is 17.7. The predicted molar refractivity (Wildman–Crippen MR) is 181 cm³/mol. The number of unbranched alkanes of at least 4 members (excludes halogenated alkanes) is 18. The standard InChI is InChI=1S/C39H65N/c1-4-7-10-13-16-19-22-26-35-29-25-30-38(32-35)40-39-33-36(27-23-20-17-14-11-8-5-2)31-37(34-39)28-24-21-18-15-12-9-6-3/h25,29-34,40H,4-24,26-28H2,1-3H3. The van der Waals surface area contributed by atoms with Gasteiger partial charge in [0.2, 0.25) is 0 Å². The monoisotopic (exact) mass is 548 g/mol. The number of aryl methyl sites for hydroxylation is 3. The Kier molecular flexibility index (Phi) is 20.6. The number of nitrogens with one attached hydrogen (secondary N) is 1. The van der Waals surface area contributed by atoms with Gasteiger partial charge in [0.15, 0.2) is 0 Å². The second-order valence-corrected chi connectivity index (χ2v) is 12.5. The summed E-state index contributed by atoms with van der Waals surface area (Å²) in [7, 11) is 0. The van der Waals surface area contributed by atoms with E-state index in [4.69, 9.17) is 0 Å². The van der Waals surface area contributed by atoms with Crippen molar-refractivity contribution in [2.24, 2.45) is 0 Å². The zero-order valence-electron chi connectivity index (χ0n) is 27.0. The van der Waals surface area contributed by atoms with E-state index in [0.29, 0.717) is 0 Å². The molecule has 0 saturated heterocycles. The minimum Gasteiger partial charge on any atom is -0.356 e. The Labute approximate surface area is 250 Å². The summed E-state index contributed by atoms with van der Waals surface area (Å²) in [4.78, 5) is 0. The van der Waals surface area contributed by atoms with Crippen molar-refractivity contribution in [3.63, 3.8) is 0 Å². The van der Waals surface area contributed by atoms with E-state index in [0.717, 1.165) is 0 Å². The second-order valence-electron chi connectivity index (χ2n) is 12.5. The van der Waals surface area contributed by atoms with E-state index in [2.05, 4.69) is 68.6 Å². The summed E-state index contributed by atoms with van der Waals surface area (Å²) in [6.07, 6.45) is 32.5. The van der Waals surface area contributed by atoms with Crippen molar-refractivity contribution in [2.75, 3.05) is 5.32 Å². The largest absolute Gasteiger partial charge is 0.356 e. The molecule has 0 aliphatic carbocycles. The van der Waals surface area contributed by atoms with E-state index in [1.54, 1.807) is 0 Å². The lowest BCUT2D eigenvalue weighted by Gasteiger charge is -2.13. The van der Waals surface area contributed by atoms with E-state index in [1.165, 1.54) is 182 Å². The molecule has 0 bridgehead atoms. The fourth-order valence-electron chi connectivity index (χ4n) is 5.95. The summed E-state index contributed by atoms with van der Waals surface area (Å²) in [5.41, 5.74) is 7.05. The normalized spacial score (nSPS) is 11.3. The van der Waals surface area contributed by atoms with Crippen molar-refractivity contribution in [3.05, 3.63) is 59.2 Å². The van der Waals surface area contributed by atoms with Crippen molar-refractivity contribution in [3.8, 4) is 0 Å². The van der Waals surface area contributed by atoms with Gasteiger partial charge in [-0.2, -0.15) is 0 Å². The Morgan fingerprint density at radius 3 is 1.20 bits per heavy atom. The van der Waals surface area contributed by atoms with Crippen LogP contribution in [-0.4, -0.2) is 0 Å². The summed E-state index contributed by atoms with van der Waals surface area (Å²) < 4.78 is 0. The molecular weight excluding hydrogens is 482 g/mol. The fraction of sp³-hybridized carbons (Fsp3) is 0.692. The van der Waals surface area contributed by atoms with Crippen LogP contribution in [0.2, 0.25) is 0 Å². The van der Waals surface area contributed by atoms with Gasteiger partial charge in [-0.05, 0) is 79.5 Å². The number of benzene rings is 2. The molecule has 0 heterocycles. The summed E-state index contributed by atoms with van der Waals surface area (Å²) >= 11 is 0. The third kappa shape index (κ3) is 17.1. The minimum atomic E-state index is 1.20. The molecule has 0 aliphatic rings. The van der Waals surface area contributed by atoms with E-state index >= 15 is 0 Å². The highest BCUT2D eigenvalue weighted by atomic mass is 14.9. The lowest BCUT2D eigenvalue weighted by molar-refractivity contribution is 0.587. The van der Waals surface area contributed by atoms with Gasteiger partial charge in [0.05, 0.1) is 0 Å². The van der Waals surface area contributed by atoms with Gasteiger partial charge in [0.1, 0.15) is 0 Å². The van der Waals surface area contributed by atoms with Crippen molar-refractivity contribution >= 4 is 11.4 Å². The van der Waals surface area contributed by atoms with Crippen LogP contribution in [0, 0.1) is 0 Å². The van der Waals surface area contributed by atoms with Crippen LogP contribution in [0.4, 0.5) is 11.4 Å². The molecule has 0 aliphatic heterocycles. The third-order valence-corrected chi connectivity index (χ3v) is 8.48. The molecule has 0 fully saturated rings. The van der Waals surface area contributed by atoms with Crippen LogP contribution >= 0.6 is 0 Å². The van der Waals surface area contributed by atoms with Crippen LogP contribution in [0.5, 0.6) is 0 Å². The van der Waals surface area contributed by atoms with E-state index in [9.17, 15) is 0 Å². The molecule has 0 atom stereocenters. The molecule has 226 valence electrons. The Balaban J connectivity index is 1.91. The van der Waals surface area contributed by atoms with E-state index in [-0.39, 0.29) is 0 Å². The summed E-state index contributed by atoms with van der Waals surface area (Å²) in [6.45, 7) is 6.90. The fourth-order valence-corrected chi connectivity index (χ4v) is 5.95. The Hall–Kier alpha value is -1.76. The van der Waals surface area contributed by atoms with Crippen molar-refractivity contribution in [2.45, 2.75) is 175 Å². The number of rotatable bonds is 26. The molecule has 0 radical (unpaired) electrons. The second kappa shape index (κ2) is 23.9. The predicted octanol–water partition coefficient (Wildman–Crippen LogP) is 13.3. The average Bonchev–Trinajstić information content (AvgIpc) is 2.96. The lowest BCUT2D eigenvalue weighted by Crippen LogP contribution is -1.97. The first kappa shape index (κ1) is 34.4. The van der Waals surface area contributed by atoms with Crippen LogP contribution in [0.25, 0.3) is 0 Å². The summed E-state index contributed by atoms with van der Waals surface area (Å²) in [5.74, 6) is 0. The molecular formula is C39H65N. The highest BCUT2D eigenvalue weighted by Gasteiger charge is 2.05. The molecule has 1 heteroatoms. The summed E-state index contributed by atoms with van der Waals surface area (Å²) in [6, 6.07) is 16.5. The molecule has 40 heavy (non-hydrogen) atoms.